The van der Waals surface area contributed by atoms with Crippen LogP contribution < -0.4 is 10.9 Å². The summed E-state index contributed by atoms with van der Waals surface area (Å²) in [6, 6.07) is 22.5. The van der Waals surface area contributed by atoms with Crippen LogP contribution in [0.2, 0.25) is 0 Å². The second-order valence-corrected chi connectivity index (χ2v) is 6.96. The van der Waals surface area contributed by atoms with E-state index in [0.29, 0.717) is 11.1 Å². The summed E-state index contributed by atoms with van der Waals surface area (Å²) in [5, 5.41) is 0. The van der Waals surface area contributed by atoms with Crippen molar-refractivity contribution in [3.05, 3.63) is 89.7 Å². The van der Waals surface area contributed by atoms with Gasteiger partial charge >= 0.3 is 0 Å². The van der Waals surface area contributed by atoms with E-state index in [-0.39, 0.29) is 5.91 Å². The average Bonchev–Trinajstić information content (AvgIpc) is 3.11. The zero-order valence-electron chi connectivity index (χ0n) is 16.8. The minimum Gasteiger partial charge on any atom is -0.329 e. The molecule has 0 fully saturated rings. The first-order valence-electron chi connectivity index (χ1n) is 9.80. The van der Waals surface area contributed by atoms with Gasteiger partial charge in [0.2, 0.25) is 0 Å². The molecule has 4 aromatic rings. The lowest BCUT2D eigenvalue weighted by molar-refractivity contribution is 0.0847. The monoisotopic (exact) mass is 398 g/mol. The number of rotatable bonds is 4. The highest BCUT2D eigenvalue weighted by Crippen LogP contribution is 2.19. The van der Waals surface area contributed by atoms with Gasteiger partial charge in [0, 0.05) is 17.7 Å². The zero-order valence-corrected chi connectivity index (χ0v) is 16.8. The third-order valence-corrected chi connectivity index (χ3v) is 5.06. The molecule has 0 spiro atoms. The summed E-state index contributed by atoms with van der Waals surface area (Å²) in [4.78, 5) is 29.3. The lowest BCUT2D eigenvalue weighted by atomic mass is 10.0. The number of aromatic nitrogens is 2. The van der Waals surface area contributed by atoms with Crippen molar-refractivity contribution in [1.29, 1.82) is 0 Å². The molecule has 2 N–H and O–H groups in total. The van der Waals surface area contributed by atoms with Crippen molar-refractivity contribution in [3.63, 3.8) is 0 Å². The second-order valence-electron chi connectivity index (χ2n) is 6.96. The van der Waals surface area contributed by atoms with Crippen molar-refractivity contribution in [3.8, 4) is 11.1 Å². The molecule has 6 nitrogen and oxygen atoms in total. The van der Waals surface area contributed by atoms with Crippen LogP contribution in [0.1, 0.15) is 33.5 Å². The molecule has 0 aliphatic rings. The van der Waals surface area contributed by atoms with E-state index in [1.807, 2.05) is 55.5 Å². The molecule has 2 amide bonds. The van der Waals surface area contributed by atoms with E-state index in [1.165, 1.54) is 0 Å². The fourth-order valence-corrected chi connectivity index (χ4v) is 3.49. The van der Waals surface area contributed by atoms with Crippen LogP contribution in [0.25, 0.3) is 22.2 Å². The summed E-state index contributed by atoms with van der Waals surface area (Å²) in [5.41, 5.74) is 9.67. The van der Waals surface area contributed by atoms with Crippen LogP contribution in [0.3, 0.4) is 0 Å². The standard InChI is InChI=1S/C24H22N4O2/c1-3-28-16(2)25-21-15-20(13-14-22(21)28)24(30)27-26-23(29)19-11-9-18(10-12-19)17-7-5-4-6-8-17/h4-15H,3H2,1-2H3,(H,26,29)(H,27,30). The van der Waals surface area contributed by atoms with Crippen LogP contribution in [-0.4, -0.2) is 21.4 Å². The zero-order chi connectivity index (χ0) is 21.1. The van der Waals surface area contributed by atoms with Gasteiger partial charge in [-0.1, -0.05) is 42.5 Å². The number of nitrogens with one attached hydrogen (secondary N) is 2. The fraction of sp³-hybridized carbons (Fsp3) is 0.125. The number of amides is 2. The minimum absolute atomic E-state index is 0.379. The van der Waals surface area contributed by atoms with Gasteiger partial charge in [0.1, 0.15) is 5.82 Å². The summed E-state index contributed by atoms with van der Waals surface area (Å²) in [5.74, 6) is 0.127. The second kappa shape index (κ2) is 8.21. The molecule has 0 radical (unpaired) electrons. The number of fused-ring (bicyclic) bond motifs is 1. The van der Waals surface area contributed by atoms with E-state index < -0.39 is 5.91 Å². The van der Waals surface area contributed by atoms with Crippen LogP contribution in [0.5, 0.6) is 0 Å². The van der Waals surface area contributed by atoms with Gasteiger partial charge in [0.15, 0.2) is 0 Å². The Morgan fingerprint density at radius 2 is 1.43 bits per heavy atom. The maximum Gasteiger partial charge on any atom is 0.269 e. The first kappa shape index (κ1) is 19.4. The summed E-state index contributed by atoms with van der Waals surface area (Å²) in [6.07, 6.45) is 0. The highest BCUT2D eigenvalue weighted by Gasteiger charge is 2.12. The molecule has 30 heavy (non-hydrogen) atoms. The van der Waals surface area contributed by atoms with Crippen LogP contribution in [-0.2, 0) is 6.54 Å². The number of benzene rings is 3. The maximum atomic E-state index is 12.5. The first-order chi connectivity index (χ1) is 14.6. The van der Waals surface area contributed by atoms with Gasteiger partial charge in [-0.3, -0.25) is 20.4 Å². The molecule has 0 bridgehead atoms. The Morgan fingerprint density at radius 1 is 0.833 bits per heavy atom. The molecule has 0 saturated heterocycles. The van der Waals surface area contributed by atoms with E-state index in [1.54, 1.807) is 24.3 Å². The molecule has 0 aliphatic heterocycles. The normalized spacial score (nSPS) is 10.7. The first-order valence-corrected chi connectivity index (χ1v) is 9.80. The highest BCUT2D eigenvalue weighted by atomic mass is 16.2. The molecule has 1 aromatic heterocycles. The van der Waals surface area contributed by atoms with Crippen molar-refractivity contribution in [2.75, 3.05) is 0 Å². The molecule has 150 valence electrons. The minimum atomic E-state index is -0.394. The number of hydrogen-bond donors (Lipinski definition) is 2. The Labute approximate surface area is 174 Å². The van der Waals surface area contributed by atoms with Crippen LogP contribution >= 0.6 is 0 Å². The van der Waals surface area contributed by atoms with Gasteiger partial charge in [-0.15, -0.1) is 0 Å². The van der Waals surface area contributed by atoms with Gasteiger partial charge in [0.25, 0.3) is 11.8 Å². The van der Waals surface area contributed by atoms with Crippen molar-refractivity contribution in [2.45, 2.75) is 20.4 Å². The Balaban J connectivity index is 1.42. The number of nitrogens with zero attached hydrogens (tertiary/aromatic N) is 2. The molecule has 0 unspecified atom stereocenters. The SMILES string of the molecule is CCn1c(C)nc2cc(C(=O)NNC(=O)c3ccc(-c4ccccc4)cc3)ccc21. The Morgan fingerprint density at radius 3 is 2.10 bits per heavy atom. The molecule has 6 heteroatoms. The van der Waals surface area contributed by atoms with Gasteiger partial charge in [-0.2, -0.15) is 0 Å². The van der Waals surface area contributed by atoms with E-state index in [2.05, 4.69) is 27.3 Å². The van der Waals surface area contributed by atoms with Crippen LogP contribution in [0.4, 0.5) is 0 Å². The maximum absolute atomic E-state index is 12.5. The van der Waals surface area contributed by atoms with Gasteiger partial charge < -0.3 is 4.57 Å². The number of imidazole rings is 1. The fourth-order valence-electron chi connectivity index (χ4n) is 3.49. The van der Waals surface area contributed by atoms with Crippen molar-refractivity contribution in [1.82, 2.24) is 20.4 Å². The van der Waals surface area contributed by atoms with Gasteiger partial charge in [-0.25, -0.2) is 4.98 Å². The third-order valence-electron chi connectivity index (χ3n) is 5.06. The number of hydrogen-bond acceptors (Lipinski definition) is 3. The molecular formula is C24H22N4O2. The molecule has 0 aliphatic carbocycles. The third kappa shape index (κ3) is 3.80. The van der Waals surface area contributed by atoms with Crippen molar-refractivity contribution < 1.29 is 9.59 Å². The highest BCUT2D eigenvalue weighted by molar-refractivity contribution is 6.00. The van der Waals surface area contributed by atoms with E-state index in [9.17, 15) is 9.59 Å². The number of carbonyl (C=O) groups excluding carboxylic acids is 2. The predicted molar refractivity (Wildman–Crippen MR) is 117 cm³/mol. The topological polar surface area (TPSA) is 76.0 Å². The van der Waals surface area contributed by atoms with Crippen molar-refractivity contribution >= 4 is 22.8 Å². The lowest BCUT2D eigenvalue weighted by Crippen LogP contribution is -2.41. The summed E-state index contributed by atoms with van der Waals surface area (Å²) in [6.45, 7) is 4.80. The smallest absolute Gasteiger partial charge is 0.269 e. The van der Waals surface area contributed by atoms with E-state index in [4.69, 9.17) is 0 Å². The number of carbonyl (C=O) groups is 2. The quantitative estimate of drug-likeness (QED) is 0.508. The van der Waals surface area contributed by atoms with Crippen LogP contribution in [0.15, 0.2) is 72.8 Å². The molecule has 3 aromatic carbocycles. The largest absolute Gasteiger partial charge is 0.329 e. The average molecular weight is 398 g/mol. The molecule has 0 atom stereocenters. The van der Waals surface area contributed by atoms with E-state index in [0.717, 1.165) is 34.5 Å². The molecule has 4 rings (SSSR count). The molecule has 0 saturated carbocycles. The Hall–Kier alpha value is -3.93. The summed E-state index contributed by atoms with van der Waals surface area (Å²) < 4.78 is 2.08. The van der Waals surface area contributed by atoms with Gasteiger partial charge in [-0.05, 0) is 55.3 Å². The lowest BCUT2D eigenvalue weighted by Gasteiger charge is -2.09. The van der Waals surface area contributed by atoms with Crippen LogP contribution in [0, 0.1) is 6.92 Å². The Kier molecular flexibility index (Phi) is 5.30. The Bertz CT molecular complexity index is 1210. The summed E-state index contributed by atoms with van der Waals surface area (Å²) >= 11 is 0. The van der Waals surface area contributed by atoms with Gasteiger partial charge in [0.05, 0.1) is 11.0 Å². The predicted octanol–water partition coefficient (Wildman–Crippen LogP) is 4.11. The number of aryl methyl sites for hydroxylation is 2. The van der Waals surface area contributed by atoms with E-state index >= 15 is 0 Å². The van der Waals surface area contributed by atoms with Crippen molar-refractivity contribution in [2.24, 2.45) is 0 Å². The molecular weight excluding hydrogens is 376 g/mol. The molecule has 1 heterocycles. The summed E-state index contributed by atoms with van der Waals surface area (Å²) in [7, 11) is 0. The number of hydrazine groups is 1.